The Labute approximate surface area is 228 Å². The van der Waals surface area contributed by atoms with Gasteiger partial charge in [-0.15, -0.1) is 11.3 Å². The zero-order valence-electron chi connectivity index (χ0n) is 20.0. The summed E-state index contributed by atoms with van der Waals surface area (Å²) in [5.74, 6) is -0.492. The highest BCUT2D eigenvalue weighted by atomic mass is 35.5. The smallest absolute Gasteiger partial charge is 0.304 e. The van der Waals surface area contributed by atoms with Gasteiger partial charge in [-0.25, -0.2) is 9.50 Å². The van der Waals surface area contributed by atoms with Gasteiger partial charge in [0.25, 0.3) is 5.91 Å². The minimum atomic E-state index is -4.71. The number of hydrogen-bond acceptors (Lipinski definition) is 5. The van der Waals surface area contributed by atoms with Gasteiger partial charge >= 0.3 is 6.18 Å². The lowest BCUT2D eigenvalue weighted by molar-refractivity contribution is -0.142. The van der Waals surface area contributed by atoms with Crippen molar-refractivity contribution in [3.05, 3.63) is 86.1 Å². The lowest BCUT2D eigenvalue weighted by atomic mass is 10.2. The second-order valence-electron chi connectivity index (χ2n) is 8.47. The van der Waals surface area contributed by atoms with Crippen LogP contribution >= 0.6 is 34.5 Å². The third kappa shape index (κ3) is 5.27. The molecule has 0 aliphatic rings. The van der Waals surface area contributed by atoms with Crippen molar-refractivity contribution in [3.8, 4) is 10.6 Å². The highest BCUT2D eigenvalue weighted by Gasteiger charge is 2.36. The molecule has 5 rings (SSSR count). The average molecular weight is 579 g/mol. The van der Waals surface area contributed by atoms with Crippen molar-refractivity contribution in [1.82, 2.24) is 24.4 Å². The summed E-state index contributed by atoms with van der Waals surface area (Å²) in [5, 5.41) is 11.7. The van der Waals surface area contributed by atoms with Gasteiger partial charge in [0.1, 0.15) is 0 Å². The van der Waals surface area contributed by atoms with Gasteiger partial charge in [0.2, 0.25) is 0 Å². The third-order valence-corrected chi connectivity index (χ3v) is 7.74. The van der Waals surface area contributed by atoms with E-state index in [9.17, 15) is 18.0 Å². The fraction of sp³-hybridized carbons (Fsp3) is 0.200. The highest BCUT2D eigenvalue weighted by molar-refractivity contribution is 7.15. The van der Waals surface area contributed by atoms with Gasteiger partial charge in [-0.05, 0) is 49.2 Å². The van der Waals surface area contributed by atoms with Crippen LogP contribution in [0.1, 0.15) is 39.2 Å². The molecule has 13 heteroatoms. The third-order valence-electron chi connectivity index (χ3n) is 5.75. The monoisotopic (exact) mass is 578 g/mol. The normalized spacial score (nSPS) is 11.9. The molecule has 0 fully saturated rings. The number of benzene rings is 1. The number of hydrogen-bond donors (Lipinski definition) is 1. The number of fused-ring (bicyclic) bond motifs is 1. The van der Waals surface area contributed by atoms with E-state index in [0.717, 1.165) is 28.6 Å². The van der Waals surface area contributed by atoms with Crippen LogP contribution in [0, 0.1) is 6.92 Å². The Balaban J connectivity index is 1.43. The number of nitrogens with zero attached hydrogens (tertiary/aromatic N) is 5. The summed E-state index contributed by atoms with van der Waals surface area (Å²) >= 11 is 13.4. The SMILES string of the molecule is CCc1ccc(-c2cc(C(F)(F)F)n3nc(C(=O)Nc4cc(C)n(Cc5ccc(Cl)c(Cl)c5)n4)cc3n2)s1. The van der Waals surface area contributed by atoms with Crippen LogP contribution in [0.25, 0.3) is 16.2 Å². The van der Waals surface area contributed by atoms with E-state index in [4.69, 9.17) is 23.2 Å². The summed E-state index contributed by atoms with van der Waals surface area (Å²) in [6, 6.07) is 12.6. The van der Waals surface area contributed by atoms with Crippen LogP contribution in [0.15, 0.2) is 48.5 Å². The summed E-state index contributed by atoms with van der Waals surface area (Å²) in [7, 11) is 0. The van der Waals surface area contributed by atoms with Crippen molar-refractivity contribution in [1.29, 1.82) is 0 Å². The molecule has 1 N–H and O–H groups in total. The lowest BCUT2D eigenvalue weighted by Crippen LogP contribution is -2.16. The molecule has 0 unspecified atom stereocenters. The van der Waals surface area contributed by atoms with E-state index < -0.39 is 17.8 Å². The molecule has 0 saturated carbocycles. The predicted molar refractivity (Wildman–Crippen MR) is 141 cm³/mol. The van der Waals surface area contributed by atoms with Crippen LogP contribution in [0.5, 0.6) is 0 Å². The van der Waals surface area contributed by atoms with Gasteiger partial charge in [-0.1, -0.05) is 36.2 Å². The van der Waals surface area contributed by atoms with E-state index in [1.807, 2.05) is 19.1 Å². The molecule has 196 valence electrons. The number of carbonyl (C=O) groups excluding carboxylic acids is 1. The minimum Gasteiger partial charge on any atom is -0.304 e. The average Bonchev–Trinajstić information content (AvgIpc) is 3.58. The Bertz CT molecular complexity index is 1670. The van der Waals surface area contributed by atoms with E-state index in [0.29, 0.717) is 26.0 Å². The maximum absolute atomic E-state index is 13.9. The number of rotatable bonds is 6. The Kier molecular flexibility index (Phi) is 6.93. The second-order valence-corrected chi connectivity index (χ2v) is 10.5. The molecular formula is C25H19Cl2F3N6OS. The molecule has 4 aromatic heterocycles. The fourth-order valence-electron chi connectivity index (χ4n) is 3.84. The first-order valence-corrected chi connectivity index (χ1v) is 13.0. The zero-order valence-corrected chi connectivity index (χ0v) is 22.3. The fourth-order valence-corrected chi connectivity index (χ4v) is 5.07. The molecule has 1 amide bonds. The number of halogens is 5. The first-order chi connectivity index (χ1) is 18.0. The molecule has 0 bridgehead atoms. The molecule has 0 spiro atoms. The van der Waals surface area contributed by atoms with Crippen LogP contribution in [0.2, 0.25) is 10.0 Å². The van der Waals surface area contributed by atoms with E-state index in [1.54, 1.807) is 35.9 Å². The Morgan fingerprint density at radius 1 is 1.05 bits per heavy atom. The standard InChI is InChI=1S/C25H19Cl2F3N6OS/c1-3-15-5-7-20(38-15)18-10-21(25(28,29)30)36-23(31-18)11-19(33-36)24(37)32-22-8-13(2)35(34-22)12-14-4-6-16(26)17(27)9-14/h4-11H,3,12H2,1-2H3,(H,32,34,37). The Morgan fingerprint density at radius 2 is 1.84 bits per heavy atom. The number of thiophene rings is 1. The molecule has 0 atom stereocenters. The van der Waals surface area contributed by atoms with Crippen LogP contribution in [0.4, 0.5) is 19.0 Å². The van der Waals surface area contributed by atoms with Crippen molar-refractivity contribution in [3.63, 3.8) is 0 Å². The van der Waals surface area contributed by atoms with Crippen molar-refractivity contribution in [2.75, 3.05) is 5.32 Å². The number of anilines is 1. The van der Waals surface area contributed by atoms with Gasteiger partial charge in [0.05, 0.1) is 27.2 Å². The summed E-state index contributed by atoms with van der Waals surface area (Å²) < 4.78 is 44.0. The molecule has 0 saturated heterocycles. The van der Waals surface area contributed by atoms with Crippen LogP contribution in [-0.2, 0) is 19.1 Å². The topological polar surface area (TPSA) is 77.1 Å². The lowest BCUT2D eigenvalue weighted by Gasteiger charge is -2.10. The van der Waals surface area contributed by atoms with Gasteiger partial charge < -0.3 is 5.32 Å². The summed E-state index contributed by atoms with van der Waals surface area (Å²) in [6.07, 6.45) is -3.94. The van der Waals surface area contributed by atoms with Gasteiger partial charge in [-0.3, -0.25) is 9.48 Å². The predicted octanol–water partition coefficient (Wildman–Crippen LogP) is 7.15. The number of aryl methyl sites for hydroxylation is 2. The van der Waals surface area contributed by atoms with Gasteiger partial charge in [0, 0.05) is 22.7 Å². The summed E-state index contributed by atoms with van der Waals surface area (Å²) in [4.78, 5) is 18.9. The molecule has 0 radical (unpaired) electrons. The van der Waals surface area contributed by atoms with E-state index in [1.165, 1.54) is 17.4 Å². The number of aromatic nitrogens is 5. The van der Waals surface area contributed by atoms with E-state index in [-0.39, 0.29) is 22.9 Å². The molecule has 1 aromatic carbocycles. The molecule has 0 aliphatic heterocycles. The molecular weight excluding hydrogens is 560 g/mol. The van der Waals surface area contributed by atoms with Gasteiger partial charge in [-0.2, -0.15) is 23.4 Å². The van der Waals surface area contributed by atoms with E-state index >= 15 is 0 Å². The van der Waals surface area contributed by atoms with E-state index in [2.05, 4.69) is 20.5 Å². The van der Waals surface area contributed by atoms with Crippen molar-refractivity contribution in [2.24, 2.45) is 0 Å². The molecule has 4 heterocycles. The first-order valence-electron chi connectivity index (χ1n) is 11.4. The van der Waals surface area contributed by atoms with Crippen molar-refractivity contribution in [2.45, 2.75) is 33.0 Å². The number of alkyl halides is 3. The maximum Gasteiger partial charge on any atom is 0.433 e. The van der Waals surface area contributed by atoms with Crippen molar-refractivity contribution >= 4 is 51.9 Å². The highest BCUT2D eigenvalue weighted by Crippen LogP contribution is 2.34. The molecule has 38 heavy (non-hydrogen) atoms. The number of amides is 1. The summed E-state index contributed by atoms with van der Waals surface area (Å²) in [6.45, 7) is 4.14. The Morgan fingerprint density at radius 3 is 2.53 bits per heavy atom. The minimum absolute atomic E-state index is 0.0900. The molecule has 7 nitrogen and oxygen atoms in total. The Hall–Kier alpha value is -3.41. The first kappa shape index (κ1) is 26.2. The molecule has 0 aliphatic carbocycles. The number of carbonyl (C=O) groups is 1. The summed E-state index contributed by atoms with van der Waals surface area (Å²) in [5.41, 5.74) is 0.421. The van der Waals surface area contributed by atoms with Gasteiger partial charge in [0.15, 0.2) is 22.9 Å². The second kappa shape index (κ2) is 10.0. The van der Waals surface area contributed by atoms with Crippen molar-refractivity contribution < 1.29 is 18.0 Å². The largest absolute Gasteiger partial charge is 0.433 e. The quantitative estimate of drug-likeness (QED) is 0.232. The molecule has 5 aromatic rings. The van der Waals surface area contributed by atoms with Crippen LogP contribution < -0.4 is 5.32 Å². The van der Waals surface area contributed by atoms with Crippen LogP contribution in [0.3, 0.4) is 0 Å². The number of nitrogens with one attached hydrogen (secondary N) is 1. The van der Waals surface area contributed by atoms with Crippen LogP contribution in [-0.4, -0.2) is 30.3 Å². The maximum atomic E-state index is 13.9. The zero-order chi connectivity index (χ0) is 27.2.